The Balaban J connectivity index is 1.53. The first-order valence-electron chi connectivity index (χ1n) is 8.87. The van der Waals surface area contributed by atoms with Crippen LogP contribution in [0.4, 0.5) is 4.79 Å². The molecule has 0 bridgehead atoms. The zero-order valence-corrected chi connectivity index (χ0v) is 13.9. The van der Waals surface area contributed by atoms with E-state index in [9.17, 15) is 4.79 Å². The van der Waals surface area contributed by atoms with Crippen LogP contribution in [0.1, 0.15) is 51.0 Å². The van der Waals surface area contributed by atoms with Gasteiger partial charge in [-0.2, -0.15) is 0 Å². The van der Waals surface area contributed by atoms with Crippen molar-refractivity contribution in [1.82, 2.24) is 4.90 Å². The Morgan fingerprint density at radius 2 is 1.91 bits per heavy atom. The van der Waals surface area contributed by atoms with E-state index in [1.54, 1.807) is 4.90 Å². The maximum Gasteiger partial charge on any atom is 0.412 e. The largest absolute Gasteiger partial charge is 0.442 e. The van der Waals surface area contributed by atoms with Crippen molar-refractivity contribution < 1.29 is 14.3 Å². The van der Waals surface area contributed by atoms with Gasteiger partial charge in [0.1, 0.15) is 6.10 Å². The number of carbonyl (C=O) groups is 1. The zero-order valence-electron chi connectivity index (χ0n) is 13.9. The summed E-state index contributed by atoms with van der Waals surface area (Å²) in [5.41, 5.74) is 1.10. The van der Waals surface area contributed by atoms with Crippen molar-refractivity contribution in [1.29, 1.82) is 0 Å². The van der Waals surface area contributed by atoms with Crippen molar-refractivity contribution in [3.8, 4) is 0 Å². The fourth-order valence-corrected chi connectivity index (χ4v) is 3.63. The number of hydrogen-bond acceptors (Lipinski definition) is 3. The minimum Gasteiger partial charge on any atom is -0.442 e. The van der Waals surface area contributed by atoms with Gasteiger partial charge in [-0.3, -0.25) is 4.90 Å². The molecule has 1 saturated carbocycles. The van der Waals surface area contributed by atoms with E-state index in [0.717, 1.165) is 17.9 Å². The standard InChI is InChI=1S/C19H27NO3/c1-15-18(22-13-12-16-8-4-2-5-9-16)20(19(21)23-15)14-17-10-6-3-7-11-17/h3,6-7,10-11,15-16,18H,2,4-5,8-9,12-14H2,1H3. The van der Waals surface area contributed by atoms with Crippen molar-refractivity contribution in [2.75, 3.05) is 6.61 Å². The molecule has 0 radical (unpaired) electrons. The van der Waals surface area contributed by atoms with Gasteiger partial charge in [-0.15, -0.1) is 0 Å². The van der Waals surface area contributed by atoms with Gasteiger partial charge in [0.15, 0.2) is 6.23 Å². The van der Waals surface area contributed by atoms with Gasteiger partial charge in [-0.1, -0.05) is 62.4 Å². The Morgan fingerprint density at radius 1 is 1.17 bits per heavy atom. The molecule has 0 aromatic heterocycles. The average molecular weight is 317 g/mol. The molecule has 2 atom stereocenters. The van der Waals surface area contributed by atoms with E-state index in [1.165, 1.54) is 32.1 Å². The number of cyclic esters (lactones) is 1. The smallest absolute Gasteiger partial charge is 0.412 e. The molecule has 2 aliphatic rings. The highest BCUT2D eigenvalue weighted by molar-refractivity contribution is 5.70. The number of benzene rings is 1. The Bertz CT molecular complexity index is 499. The van der Waals surface area contributed by atoms with E-state index in [0.29, 0.717) is 13.2 Å². The van der Waals surface area contributed by atoms with Crippen molar-refractivity contribution in [3.63, 3.8) is 0 Å². The maximum atomic E-state index is 12.1. The van der Waals surface area contributed by atoms with Crippen LogP contribution in [0.3, 0.4) is 0 Å². The van der Waals surface area contributed by atoms with Gasteiger partial charge in [0, 0.05) is 6.61 Å². The molecule has 1 amide bonds. The summed E-state index contributed by atoms with van der Waals surface area (Å²) in [6.07, 6.45) is 7.08. The van der Waals surface area contributed by atoms with Crippen LogP contribution in [-0.2, 0) is 16.0 Å². The summed E-state index contributed by atoms with van der Waals surface area (Å²) in [5, 5.41) is 0. The molecule has 4 heteroatoms. The van der Waals surface area contributed by atoms with E-state index >= 15 is 0 Å². The monoisotopic (exact) mass is 317 g/mol. The number of ether oxygens (including phenoxy) is 2. The van der Waals surface area contributed by atoms with Gasteiger partial charge in [0.2, 0.25) is 0 Å². The van der Waals surface area contributed by atoms with Crippen LogP contribution in [0.25, 0.3) is 0 Å². The van der Waals surface area contributed by atoms with Crippen LogP contribution < -0.4 is 0 Å². The Morgan fingerprint density at radius 3 is 2.65 bits per heavy atom. The number of rotatable bonds is 6. The number of carbonyl (C=O) groups excluding carboxylic acids is 1. The van der Waals surface area contributed by atoms with E-state index in [-0.39, 0.29) is 18.4 Å². The van der Waals surface area contributed by atoms with Gasteiger partial charge in [-0.25, -0.2) is 4.79 Å². The lowest BCUT2D eigenvalue weighted by molar-refractivity contribution is -0.0538. The second-order valence-corrected chi connectivity index (χ2v) is 6.76. The predicted octanol–water partition coefficient (Wildman–Crippen LogP) is 4.34. The molecule has 1 heterocycles. The summed E-state index contributed by atoms with van der Waals surface area (Å²) in [5.74, 6) is 0.791. The molecule has 1 aromatic rings. The molecule has 1 aliphatic heterocycles. The van der Waals surface area contributed by atoms with E-state index in [4.69, 9.17) is 9.47 Å². The fourth-order valence-electron chi connectivity index (χ4n) is 3.63. The predicted molar refractivity (Wildman–Crippen MR) is 88.9 cm³/mol. The normalized spacial score (nSPS) is 25.6. The molecule has 3 rings (SSSR count). The van der Waals surface area contributed by atoms with Crippen LogP contribution in [0.2, 0.25) is 0 Å². The molecular formula is C19H27NO3. The topological polar surface area (TPSA) is 38.8 Å². The molecule has 1 saturated heterocycles. The summed E-state index contributed by atoms with van der Waals surface area (Å²) in [6, 6.07) is 10.00. The fraction of sp³-hybridized carbons (Fsp3) is 0.632. The SMILES string of the molecule is CC1OC(=O)N(Cc2ccccc2)C1OCCC1CCCCC1. The molecule has 1 aromatic carbocycles. The van der Waals surface area contributed by atoms with Gasteiger partial charge >= 0.3 is 6.09 Å². The Hall–Kier alpha value is -1.55. The Labute approximate surface area is 138 Å². The summed E-state index contributed by atoms with van der Waals surface area (Å²) in [7, 11) is 0. The summed E-state index contributed by atoms with van der Waals surface area (Å²) in [4.78, 5) is 13.8. The quantitative estimate of drug-likeness (QED) is 0.783. The molecular weight excluding hydrogens is 290 g/mol. The average Bonchev–Trinajstić information content (AvgIpc) is 2.84. The molecule has 1 aliphatic carbocycles. The van der Waals surface area contributed by atoms with Crippen LogP contribution in [-0.4, -0.2) is 29.9 Å². The highest BCUT2D eigenvalue weighted by Crippen LogP contribution is 2.28. The minimum absolute atomic E-state index is 0.211. The molecule has 23 heavy (non-hydrogen) atoms. The number of amides is 1. The summed E-state index contributed by atoms with van der Waals surface area (Å²) in [6.45, 7) is 3.16. The maximum absolute atomic E-state index is 12.1. The lowest BCUT2D eigenvalue weighted by Crippen LogP contribution is -2.38. The molecule has 0 spiro atoms. The minimum atomic E-state index is -0.274. The number of nitrogens with zero attached hydrogens (tertiary/aromatic N) is 1. The molecule has 2 unspecified atom stereocenters. The van der Waals surface area contributed by atoms with Crippen LogP contribution in [0.15, 0.2) is 30.3 Å². The van der Waals surface area contributed by atoms with Crippen molar-refractivity contribution in [2.45, 2.75) is 64.3 Å². The highest BCUT2D eigenvalue weighted by atomic mass is 16.6. The van der Waals surface area contributed by atoms with Crippen molar-refractivity contribution in [2.24, 2.45) is 5.92 Å². The van der Waals surface area contributed by atoms with Gasteiger partial charge in [-0.05, 0) is 24.8 Å². The molecule has 4 nitrogen and oxygen atoms in total. The van der Waals surface area contributed by atoms with E-state index < -0.39 is 0 Å². The third-order valence-electron chi connectivity index (χ3n) is 4.97. The van der Waals surface area contributed by atoms with Crippen molar-refractivity contribution >= 4 is 6.09 Å². The van der Waals surface area contributed by atoms with E-state index in [2.05, 4.69) is 0 Å². The third kappa shape index (κ3) is 4.25. The highest BCUT2D eigenvalue weighted by Gasteiger charge is 2.39. The van der Waals surface area contributed by atoms with Gasteiger partial charge in [0.05, 0.1) is 6.54 Å². The summed E-state index contributed by atoms with van der Waals surface area (Å²) >= 11 is 0. The van der Waals surface area contributed by atoms with Crippen molar-refractivity contribution in [3.05, 3.63) is 35.9 Å². The first kappa shape index (κ1) is 16.3. The Kier molecular flexibility index (Phi) is 5.55. The second-order valence-electron chi connectivity index (χ2n) is 6.76. The third-order valence-corrected chi connectivity index (χ3v) is 4.97. The summed E-state index contributed by atoms with van der Waals surface area (Å²) < 4.78 is 11.4. The number of hydrogen-bond donors (Lipinski definition) is 0. The zero-order chi connectivity index (χ0) is 16.1. The molecule has 126 valence electrons. The van der Waals surface area contributed by atoms with Crippen LogP contribution >= 0.6 is 0 Å². The molecule has 2 fully saturated rings. The van der Waals surface area contributed by atoms with Crippen LogP contribution in [0.5, 0.6) is 0 Å². The van der Waals surface area contributed by atoms with E-state index in [1.807, 2.05) is 37.3 Å². The first-order valence-corrected chi connectivity index (χ1v) is 8.87. The van der Waals surface area contributed by atoms with Gasteiger partial charge in [0.25, 0.3) is 0 Å². The first-order chi connectivity index (χ1) is 11.2. The molecule has 0 N–H and O–H groups in total. The van der Waals surface area contributed by atoms with Gasteiger partial charge < -0.3 is 9.47 Å². The van der Waals surface area contributed by atoms with Crippen LogP contribution in [0, 0.1) is 5.92 Å². The lowest BCUT2D eigenvalue weighted by Gasteiger charge is -2.26. The lowest BCUT2D eigenvalue weighted by atomic mass is 9.87. The second kappa shape index (κ2) is 7.82.